The van der Waals surface area contributed by atoms with Crippen molar-refractivity contribution in [1.82, 2.24) is 19.7 Å². The van der Waals surface area contributed by atoms with Crippen molar-refractivity contribution in [2.24, 2.45) is 5.92 Å². The van der Waals surface area contributed by atoms with Gasteiger partial charge in [-0.1, -0.05) is 0 Å². The van der Waals surface area contributed by atoms with E-state index < -0.39 is 0 Å². The Balaban J connectivity index is 1.69. The molecule has 7 heteroatoms. The summed E-state index contributed by atoms with van der Waals surface area (Å²) in [7, 11) is 1.61. The predicted molar refractivity (Wildman–Crippen MR) is 101 cm³/mol. The fraction of sp³-hybridized carbons (Fsp3) is 0.500. The average Bonchev–Trinajstić information content (AvgIpc) is 2.98. The lowest BCUT2D eigenvalue weighted by Crippen LogP contribution is -2.44. The molecule has 1 saturated heterocycles. The molecule has 1 aromatic carbocycles. The number of hydrogen-bond donors (Lipinski definition) is 0. The van der Waals surface area contributed by atoms with Gasteiger partial charge in [0.1, 0.15) is 23.9 Å². The number of ketones is 1. The molecular formula is C20H26N4O3. The van der Waals surface area contributed by atoms with Crippen LogP contribution in [0.2, 0.25) is 0 Å². The van der Waals surface area contributed by atoms with E-state index in [1.807, 2.05) is 32.0 Å². The molecule has 7 nitrogen and oxygen atoms in total. The molecule has 144 valence electrons. The summed E-state index contributed by atoms with van der Waals surface area (Å²) in [4.78, 5) is 31.7. The maximum Gasteiger partial charge on any atom is 0.244 e. The van der Waals surface area contributed by atoms with Crippen LogP contribution in [-0.4, -0.2) is 51.6 Å². The average molecular weight is 370 g/mol. The van der Waals surface area contributed by atoms with Gasteiger partial charge >= 0.3 is 0 Å². The molecule has 1 atom stereocenters. The van der Waals surface area contributed by atoms with Gasteiger partial charge in [-0.3, -0.25) is 9.59 Å². The van der Waals surface area contributed by atoms with Crippen LogP contribution in [0.25, 0.3) is 0 Å². The van der Waals surface area contributed by atoms with Gasteiger partial charge < -0.3 is 9.64 Å². The second kappa shape index (κ2) is 7.90. The van der Waals surface area contributed by atoms with Crippen molar-refractivity contribution in [3.8, 4) is 5.75 Å². The number of amides is 1. The zero-order chi connectivity index (χ0) is 19.6. The molecule has 0 bridgehead atoms. The Kier molecular flexibility index (Phi) is 5.58. The summed E-state index contributed by atoms with van der Waals surface area (Å²) in [5.41, 5.74) is 1.61. The molecule has 1 aromatic heterocycles. The molecule has 0 saturated carbocycles. The summed E-state index contributed by atoms with van der Waals surface area (Å²) in [5, 5.41) is 4.25. The van der Waals surface area contributed by atoms with Crippen LogP contribution in [0.5, 0.6) is 5.75 Å². The van der Waals surface area contributed by atoms with Crippen LogP contribution in [0.15, 0.2) is 18.2 Å². The lowest BCUT2D eigenvalue weighted by molar-refractivity contribution is -0.133. The van der Waals surface area contributed by atoms with E-state index in [1.165, 1.54) is 0 Å². The molecule has 1 unspecified atom stereocenters. The lowest BCUT2D eigenvalue weighted by Gasteiger charge is -2.32. The molecule has 1 fully saturated rings. The molecule has 2 heterocycles. The van der Waals surface area contributed by atoms with E-state index in [1.54, 1.807) is 23.6 Å². The molecule has 0 aliphatic carbocycles. The normalized spacial score (nSPS) is 17.0. The zero-order valence-corrected chi connectivity index (χ0v) is 16.4. The van der Waals surface area contributed by atoms with Gasteiger partial charge in [0.05, 0.1) is 7.11 Å². The quantitative estimate of drug-likeness (QED) is 0.755. The monoisotopic (exact) mass is 370 g/mol. The SMILES string of the molecule is COc1ccc(C(=O)C2CCCN(C(=O)Cn3nc(C)nc3C)C2)c(C)c1. The first-order valence-electron chi connectivity index (χ1n) is 9.23. The molecule has 27 heavy (non-hydrogen) atoms. The highest BCUT2D eigenvalue weighted by molar-refractivity contribution is 5.99. The highest BCUT2D eigenvalue weighted by atomic mass is 16.5. The Hall–Kier alpha value is -2.70. The van der Waals surface area contributed by atoms with Crippen molar-refractivity contribution in [3.63, 3.8) is 0 Å². The van der Waals surface area contributed by atoms with Gasteiger partial charge in [0.15, 0.2) is 5.78 Å². The number of likely N-dealkylation sites (tertiary alicyclic amines) is 1. The predicted octanol–water partition coefficient (Wildman–Crippen LogP) is 2.33. The third kappa shape index (κ3) is 4.18. The molecule has 0 spiro atoms. The van der Waals surface area contributed by atoms with Crippen molar-refractivity contribution in [3.05, 3.63) is 41.0 Å². The zero-order valence-electron chi connectivity index (χ0n) is 16.4. The van der Waals surface area contributed by atoms with E-state index in [0.29, 0.717) is 24.5 Å². The van der Waals surface area contributed by atoms with Crippen molar-refractivity contribution < 1.29 is 14.3 Å². The van der Waals surface area contributed by atoms with Gasteiger partial charge in [-0.2, -0.15) is 5.10 Å². The van der Waals surface area contributed by atoms with E-state index in [9.17, 15) is 9.59 Å². The highest BCUT2D eigenvalue weighted by Crippen LogP contribution is 2.25. The highest BCUT2D eigenvalue weighted by Gasteiger charge is 2.30. The van der Waals surface area contributed by atoms with Crippen LogP contribution in [-0.2, 0) is 11.3 Å². The van der Waals surface area contributed by atoms with E-state index in [0.717, 1.165) is 30.0 Å². The van der Waals surface area contributed by atoms with Crippen molar-refractivity contribution in [2.45, 2.75) is 40.2 Å². The van der Waals surface area contributed by atoms with Crippen LogP contribution < -0.4 is 4.74 Å². The van der Waals surface area contributed by atoms with Gasteiger partial charge in [-0.25, -0.2) is 9.67 Å². The number of nitrogens with zero attached hydrogens (tertiary/aromatic N) is 4. The first-order chi connectivity index (χ1) is 12.9. The minimum absolute atomic E-state index is 0.0213. The summed E-state index contributed by atoms with van der Waals surface area (Å²) in [6.45, 7) is 6.85. The Bertz CT molecular complexity index is 859. The number of piperidine rings is 1. The number of methoxy groups -OCH3 is 1. The Labute approximate surface area is 159 Å². The van der Waals surface area contributed by atoms with Crippen LogP contribution in [0, 0.1) is 26.7 Å². The Morgan fingerprint density at radius 2 is 2.04 bits per heavy atom. The third-order valence-electron chi connectivity index (χ3n) is 5.09. The summed E-state index contributed by atoms with van der Waals surface area (Å²) in [6.07, 6.45) is 1.63. The molecular weight excluding hydrogens is 344 g/mol. The van der Waals surface area contributed by atoms with Crippen LogP contribution in [0.1, 0.15) is 40.4 Å². The molecule has 1 aliphatic rings. The third-order valence-corrected chi connectivity index (χ3v) is 5.09. The van der Waals surface area contributed by atoms with Crippen LogP contribution >= 0.6 is 0 Å². The second-order valence-electron chi connectivity index (χ2n) is 7.09. The Morgan fingerprint density at radius 1 is 1.26 bits per heavy atom. The second-order valence-corrected chi connectivity index (χ2v) is 7.09. The molecule has 1 aliphatic heterocycles. The first-order valence-corrected chi connectivity index (χ1v) is 9.23. The fourth-order valence-electron chi connectivity index (χ4n) is 3.62. The van der Waals surface area contributed by atoms with E-state index in [4.69, 9.17) is 4.74 Å². The number of hydrogen-bond acceptors (Lipinski definition) is 5. The molecule has 2 aromatic rings. The molecule has 0 N–H and O–H groups in total. The molecule has 1 amide bonds. The van der Waals surface area contributed by atoms with Gasteiger partial charge in [0.2, 0.25) is 5.91 Å². The number of carbonyl (C=O) groups excluding carboxylic acids is 2. The van der Waals surface area contributed by atoms with Crippen LogP contribution in [0.3, 0.4) is 0 Å². The van der Waals surface area contributed by atoms with Crippen molar-refractivity contribution in [2.75, 3.05) is 20.2 Å². The molecule has 3 rings (SSSR count). The number of aromatic nitrogens is 3. The lowest BCUT2D eigenvalue weighted by atomic mass is 9.88. The summed E-state index contributed by atoms with van der Waals surface area (Å²) < 4.78 is 6.84. The largest absolute Gasteiger partial charge is 0.497 e. The van der Waals surface area contributed by atoms with E-state index in [2.05, 4.69) is 10.1 Å². The number of aryl methyl sites for hydroxylation is 3. The minimum Gasteiger partial charge on any atom is -0.497 e. The number of Topliss-reactive ketones (excluding diaryl/α,β-unsaturated/α-hetero) is 1. The maximum atomic E-state index is 13.0. The number of carbonyl (C=O) groups is 2. The van der Waals surface area contributed by atoms with E-state index >= 15 is 0 Å². The van der Waals surface area contributed by atoms with E-state index in [-0.39, 0.29) is 24.2 Å². The fourth-order valence-corrected chi connectivity index (χ4v) is 3.62. The van der Waals surface area contributed by atoms with Gasteiger partial charge in [-0.15, -0.1) is 0 Å². The standard InChI is InChI=1S/C20H26N4O3/c1-13-10-17(27-4)7-8-18(13)20(26)16-6-5-9-23(11-16)19(25)12-24-15(3)21-14(2)22-24/h7-8,10,16H,5-6,9,11-12H2,1-4H3. The van der Waals surface area contributed by atoms with Crippen molar-refractivity contribution >= 4 is 11.7 Å². The maximum absolute atomic E-state index is 13.0. The topological polar surface area (TPSA) is 77.3 Å². The van der Waals surface area contributed by atoms with Crippen molar-refractivity contribution in [1.29, 1.82) is 0 Å². The minimum atomic E-state index is -0.173. The first kappa shape index (κ1) is 19.1. The molecule has 0 radical (unpaired) electrons. The van der Waals surface area contributed by atoms with Gasteiger partial charge in [0, 0.05) is 24.6 Å². The summed E-state index contributed by atoms with van der Waals surface area (Å²) >= 11 is 0. The van der Waals surface area contributed by atoms with Crippen LogP contribution in [0.4, 0.5) is 0 Å². The smallest absolute Gasteiger partial charge is 0.244 e. The number of benzene rings is 1. The number of rotatable bonds is 5. The Morgan fingerprint density at radius 3 is 2.67 bits per heavy atom. The summed E-state index contributed by atoms with van der Waals surface area (Å²) in [6, 6.07) is 5.50. The number of ether oxygens (including phenoxy) is 1. The van der Waals surface area contributed by atoms with Gasteiger partial charge in [0.25, 0.3) is 0 Å². The summed E-state index contributed by atoms with van der Waals surface area (Å²) in [5.74, 6) is 2.02. The van der Waals surface area contributed by atoms with Gasteiger partial charge in [-0.05, 0) is 57.4 Å².